The van der Waals surface area contributed by atoms with Crippen LogP contribution in [-0.4, -0.2) is 23.8 Å². The number of hydrogen-bond acceptors (Lipinski definition) is 7. The average molecular weight is 648 g/mol. The molecular weight excluding hydrogens is 616 g/mol. The van der Waals surface area contributed by atoms with Gasteiger partial charge in [0.25, 0.3) is 5.56 Å². The maximum absolute atomic E-state index is 14.0. The Hall–Kier alpha value is -3.95. The maximum Gasteiger partial charge on any atom is 0.338 e. The summed E-state index contributed by atoms with van der Waals surface area (Å²) in [6.07, 6.45) is 1.81. The number of thiazole rings is 1. The van der Waals surface area contributed by atoms with Gasteiger partial charge in [0.2, 0.25) is 0 Å². The van der Waals surface area contributed by atoms with Gasteiger partial charge in [-0.25, -0.2) is 9.79 Å². The molecule has 0 saturated carbocycles. The summed E-state index contributed by atoms with van der Waals surface area (Å²) in [5.41, 5.74) is 4.34. The van der Waals surface area contributed by atoms with E-state index in [0.717, 1.165) is 26.7 Å². The van der Waals surface area contributed by atoms with Crippen LogP contribution in [-0.2, 0) is 16.1 Å². The number of nitrogens with zero attached hydrogens (tertiary/aromatic N) is 2. The predicted octanol–water partition coefficient (Wildman–Crippen LogP) is 5.85. The molecule has 0 N–H and O–H groups in total. The van der Waals surface area contributed by atoms with Crippen molar-refractivity contribution in [2.75, 3.05) is 13.2 Å². The second-order valence-corrected chi connectivity index (χ2v) is 11.6. The fourth-order valence-electron chi connectivity index (χ4n) is 4.77. The molecule has 1 atom stereocenters. The van der Waals surface area contributed by atoms with Gasteiger partial charge in [-0.1, -0.05) is 87.4 Å². The van der Waals surface area contributed by atoms with Gasteiger partial charge in [-0.15, -0.1) is 0 Å². The van der Waals surface area contributed by atoms with E-state index in [-0.39, 0.29) is 12.2 Å². The Morgan fingerprint density at radius 1 is 1.00 bits per heavy atom. The average Bonchev–Trinajstić information content (AvgIpc) is 3.28. The molecule has 9 heteroatoms. The maximum atomic E-state index is 14.0. The van der Waals surface area contributed by atoms with Crippen molar-refractivity contribution in [3.63, 3.8) is 0 Å². The molecular formula is C33H31BrN2O5S. The molecule has 0 aliphatic carbocycles. The number of aromatic nitrogens is 1. The second-order valence-electron chi connectivity index (χ2n) is 9.74. The Labute approximate surface area is 256 Å². The minimum absolute atomic E-state index is 0.224. The van der Waals surface area contributed by atoms with Crippen molar-refractivity contribution in [3.8, 4) is 11.5 Å². The minimum atomic E-state index is -0.653. The molecule has 7 nitrogen and oxygen atoms in total. The third kappa shape index (κ3) is 6.12. The van der Waals surface area contributed by atoms with Crippen LogP contribution in [0.1, 0.15) is 49.1 Å². The number of benzene rings is 3. The normalized spacial score (nSPS) is 14.8. The van der Waals surface area contributed by atoms with E-state index >= 15 is 0 Å². The summed E-state index contributed by atoms with van der Waals surface area (Å²) in [6, 6.07) is 20.8. The molecule has 5 rings (SSSR count). The van der Waals surface area contributed by atoms with Crippen LogP contribution in [0.5, 0.6) is 11.5 Å². The van der Waals surface area contributed by atoms with Crippen LogP contribution in [0, 0.1) is 6.92 Å². The Kier molecular flexibility index (Phi) is 9.09. The van der Waals surface area contributed by atoms with Crippen molar-refractivity contribution in [1.82, 2.24) is 4.57 Å². The molecule has 2 heterocycles. The van der Waals surface area contributed by atoms with Crippen LogP contribution in [0.2, 0.25) is 0 Å². The van der Waals surface area contributed by atoms with E-state index in [2.05, 4.69) is 20.9 Å². The van der Waals surface area contributed by atoms with Crippen LogP contribution in [0.4, 0.5) is 0 Å². The Bertz CT molecular complexity index is 1830. The largest absolute Gasteiger partial charge is 0.490 e. The highest BCUT2D eigenvalue weighted by Gasteiger charge is 2.33. The fraction of sp³-hybridized carbons (Fsp3) is 0.242. The van der Waals surface area contributed by atoms with Gasteiger partial charge in [0.15, 0.2) is 16.3 Å². The summed E-state index contributed by atoms with van der Waals surface area (Å²) in [4.78, 5) is 32.3. The first-order valence-corrected chi connectivity index (χ1v) is 15.3. The predicted molar refractivity (Wildman–Crippen MR) is 168 cm³/mol. The van der Waals surface area contributed by atoms with Gasteiger partial charge in [0.1, 0.15) is 6.61 Å². The van der Waals surface area contributed by atoms with Crippen molar-refractivity contribution in [3.05, 3.63) is 124 Å². The summed E-state index contributed by atoms with van der Waals surface area (Å²) < 4.78 is 20.2. The Morgan fingerprint density at radius 3 is 2.40 bits per heavy atom. The van der Waals surface area contributed by atoms with Gasteiger partial charge in [-0.2, -0.15) is 0 Å². The first kappa shape index (κ1) is 29.5. The van der Waals surface area contributed by atoms with E-state index in [4.69, 9.17) is 14.2 Å². The van der Waals surface area contributed by atoms with Gasteiger partial charge in [-0.3, -0.25) is 9.36 Å². The zero-order chi connectivity index (χ0) is 29.8. The minimum Gasteiger partial charge on any atom is -0.490 e. The number of carbonyl (C=O) groups is 1. The number of carbonyl (C=O) groups excluding carboxylic acids is 1. The van der Waals surface area contributed by atoms with Gasteiger partial charge < -0.3 is 14.2 Å². The Morgan fingerprint density at radius 2 is 1.71 bits per heavy atom. The topological polar surface area (TPSA) is 79.1 Å². The Balaban J connectivity index is 1.60. The van der Waals surface area contributed by atoms with Crippen LogP contribution in [0.3, 0.4) is 0 Å². The highest BCUT2D eigenvalue weighted by molar-refractivity contribution is 9.10. The van der Waals surface area contributed by atoms with Crippen LogP contribution < -0.4 is 24.4 Å². The van der Waals surface area contributed by atoms with Gasteiger partial charge in [0.05, 0.1) is 35.1 Å². The molecule has 42 heavy (non-hydrogen) atoms. The second kappa shape index (κ2) is 12.9. The lowest BCUT2D eigenvalue weighted by Gasteiger charge is -2.24. The standard InChI is InChI=1S/C33H31BrN2O5S/c1-5-39-26-16-24(25(34)18-27(26)41-19-22-10-8-7-9-11-22)17-28-31(37)36-30(23-14-12-20(3)13-15-23)29(32(38)40-6-2)21(4)35-33(36)42-28/h7-18,30H,5-6,19H2,1-4H3/b28-17+/t30-/m0/s1. The number of esters is 1. The summed E-state index contributed by atoms with van der Waals surface area (Å²) in [5.74, 6) is 0.697. The number of allylic oxidation sites excluding steroid dienone is 1. The van der Waals surface area contributed by atoms with Gasteiger partial charge in [-0.05, 0) is 62.6 Å². The molecule has 0 amide bonds. The highest BCUT2D eigenvalue weighted by Crippen LogP contribution is 2.35. The molecule has 0 radical (unpaired) electrons. The lowest BCUT2D eigenvalue weighted by molar-refractivity contribution is -0.139. The first-order valence-electron chi connectivity index (χ1n) is 13.7. The summed E-state index contributed by atoms with van der Waals surface area (Å²) >= 11 is 4.94. The van der Waals surface area contributed by atoms with Crippen molar-refractivity contribution < 1.29 is 19.0 Å². The zero-order valence-electron chi connectivity index (χ0n) is 23.8. The third-order valence-corrected chi connectivity index (χ3v) is 8.47. The monoisotopic (exact) mass is 646 g/mol. The molecule has 1 aromatic heterocycles. The van der Waals surface area contributed by atoms with Crippen LogP contribution >= 0.6 is 27.3 Å². The number of fused-ring (bicyclic) bond motifs is 1. The van der Waals surface area contributed by atoms with E-state index in [0.29, 0.717) is 45.3 Å². The summed E-state index contributed by atoms with van der Waals surface area (Å²) in [5, 5.41) is 0. The molecule has 0 spiro atoms. The van der Waals surface area contributed by atoms with E-state index in [1.807, 2.05) is 86.7 Å². The van der Waals surface area contributed by atoms with Crippen molar-refractivity contribution in [2.24, 2.45) is 4.99 Å². The van der Waals surface area contributed by atoms with Crippen molar-refractivity contribution >= 4 is 39.3 Å². The zero-order valence-corrected chi connectivity index (χ0v) is 26.3. The third-order valence-electron chi connectivity index (χ3n) is 6.80. The molecule has 216 valence electrons. The quantitative estimate of drug-likeness (QED) is 0.213. The number of aryl methyl sites for hydroxylation is 1. The van der Waals surface area contributed by atoms with Crippen LogP contribution in [0.15, 0.2) is 92.3 Å². The fourth-order valence-corrected chi connectivity index (χ4v) is 6.25. The SMILES string of the molecule is CCOC(=O)C1=C(C)N=c2s/c(=C/c3cc(OCC)c(OCc4ccccc4)cc3Br)c(=O)n2[C@H]1c1ccc(C)cc1. The van der Waals surface area contributed by atoms with Gasteiger partial charge in [0, 0.05) is 4.47 Å². The van der Waals surface area contributed by atoms with Gasteiger partial charge >= 0.3 is 5.97 Å². The molecule has 0 bridgehead atoms. The summed E-state index contributed by atoms with van der Waals surface area (Å²) in [6.45, 7) is 8.52. The molecule has 3 aromatic carbocycles. The van der Waals surface area contributed by atoms with E-state index in [1.54, 1.807) is 18.4 Å². The molecule has 0 unspecified atom stereocenters. The smallest absolute Gasteiger partial charge is 0.338 e. The van der Waals surface area contributed by atoms with E-state index < -0.39 is 12.0 Å². The molecule has 1 aliphatic rings. The molecule has 0 saturated heterocycles. The molecule has 0 fully saturated rings. The highest BCUT2D eigenvalue weighted by atomic mass is 79.9. The lowest BCUT2D eigenvalue weighted by atomic mass is 9.95. The number of ether oxygens (including phenoxy) is 3. The first-order chi connectivity index (χ1) is 20.3. The number of halogens is 1. The summed E-state index contributed by atoms with van der Waals surface area (Å²) in [7, 11) is 0. The lowest BCUT2D eigenvalue weighted by Crippen LogP contribution is -2.39. The number of rotatable bonds is 9. The van der Waals surface area contributed by atoms with E-state index in [9.17, 15) is 9.59 Å². The number of hydrogen-bond donors (Lipinski definition) is 0. The van der Waals surface area contributed by atoms with E-state index in [1.165, 1.54) is 11.3 Å². The molecule has 4 aromatic rings. The van der Waals surface area contributed by atoms with Crippen molar-refractivity contribution in [1.29, 1.82) is 0 Å². The van der Waals surface area contributed by atoms with Crippen LogP contribution in [0.25, 0.3) is 6.08 Å². The van der Waals surface area contributed by atoms with Crippen molar-refractivity contribution in [2.45, 2.75) is 40.3 Å². The molecule has 1 aliphatic heterocycles.